The standard InChI is InChI=1S/C26H21ClN2O4S/c1-16-10-11-19(12-17(16)2)32-15-23(30)29-28-14-18-6-5-7-20(13-18)33-26(31)25-24(27)21-8-3-4-9-22(21)34-25/h3-14H,15H2,1-2H3,(H,29,30)/b28-14-. The molecular formula is C26H21ClN2O4S. The molecule has 0 spiro atoms. The lowest BCUT2D eigenvalue weighted by Crippen LogP contribution is -2.24. The molecule has 0 unspecified atom stereocenters. The minimum absolute atomic E-state index is 0.159. The van der Waals surface area contributed by atoms with E-state index in [4.69, 9.17) is 21.1 Å². The summed E-state index contributed by atoms with van der Waals surface area (Å²) in [6.07, 6.45) is 1.46. The van der Waals surface area contributed by atoms with E-state index in [9.17, 15) is 9.59 Å². The number of aryl methyl sites for hydroxylation is 2. The number of hydrogen-bond donors (Lipinski definition) is 1. The van der Waals surface area contributed by atoms with Crippen molar-refractivity contribution in [1.29, 1.82) is 0 Å². The second-order valence-corrected chi connectivity index (χ2v) is 8.96. The number of rotatable bonds is 7. The number of ether oxygens (including phenoxy) is 2. The zero-order valence-corrected chi connectivity index (χ0v) is 20.1. The number of hydrogen-bond acceptors (Lipinski definition) is 6. The van der Waals surface area contributed by atoms with Crippen molar-refractivity contribution in [2.45, 2.75) is 13.8 Å². The molecule has 0 aliphatic heterocycles. The highest BCUT2D eigenvalue weighted by Crippen LogP contribution is 2.35. The number of thiophene rings is 1. The molecule has 0 aliphatic rings. The second-order valence-electron chi connectivity index (χ2n) is 7.53. The van der Waals surface area contributed by atoms with Gasteiger partial charge in [-0.1, -0.05) is 48.0 Å². The van der Waals surface area contributed by atoms with Crippen LogP contribution in [0.2, 0.25) is 5.02 Å². The summed E-state index contributed by atoms with van der Waals surface area (Å²) in [5.74, 6) is 0.0379. The lowest BCUT2D eigenvalue weighted by molar-refractivity contribution is -0.123. The van der Waals surface area contributed by atoms with Gasteiger partial charge in [0.1, 0.15) is 16.4 Å². The minimum Gasteiger partial charge on any atom is -0.484 e. The number of esters is 1. The van der Waals surface area contributed by atoms with Crippen LogP contribution in [0.5, 0.6) is 11.5 Å². The summed E-state index contributed by atoms with van der Waals surface area (Å²) in [4.78, 5) is 25.0. The predicted octanol–water partition coefficient (Wildman–Crippen LogP) is 5.92. The van der Waals surface area contributed by atoms with Crippen molar-refractivity contribution in [2.24, 2.45) is 5.10 Å². The molecule has 1 N–H and O–H groups in total. The summed E-state index contributed by atoms with van der Waals surface area (Å²) >= 11 is 7.65. The molecular weight excluding hydrogens is 472 g/mol. The summed E-state index contributed by atoms with van der Waals surface area (Å²) in [6, 6.07) is 20.0. The van der Waals surface area contributed by atoms with Crippen LogP contribution in [0.15, 0.2) is 71.8 Å². The van der Waals surface area contributed by atoms with Crippen LogP contribution in [-0.4, -0.2) is 24.7 Å². The van der Waals surface area contributed by atoms with Gasteiger partial charge in [0.05, 0.1) is 11.2 Å². The molecule has 3 aromatic carbocycles. The number of nitrogens with one attached hydrogen (secondary N) is 1. The average molecular weight is 493 g/mol. The van der Waals surface area contributed by atoms with E-state index in [-0.39, 0.29) is 6.61 Å². The molecule has 0 saturated carbocycles. The first-order valence-electron chi connectivity index (χ1n) is 10.4. The van der Waals surface area contributed by atoms with Crippen molar-refractivity contribution in [3.8, 4) is 11.5 Å². The van der Waals surface area contributed by atoms with E-state index in [1.807, 2.05) is 56.3 Å². The summed E-state index contributed by atoms with van der Waals surface area (Å²) in [7, 11) is 0. The van der Waals surface area contributed by atoms with Gasteiger partial charge in [0.25, 0.3) is 5.91 Å². The maximum atomic E-state index is 12.6. The van der Waals surface area contributed by atoms with Crippen LogP contribution in [0.25, 0.3) is 10.1 Å². The van der Waals surface area contributed by atoms with Gasteiger partial charge in [0.2, 0.25) is 0 Å². The van der Waals surface area contributed by atoms with E-state index in [1.165, 1.54) is 17.6 Å². The molecule has 1 amide bonds. The predicted molar refractivity (Wildman–Crippen MR) is 135 cm³/mol. The first kappa shape index (κ1) is 23.5. The smallest absolute Gasteiger partial charge is 0.355 e. The van der Waals surface area contributed by atoms with E-state index >= 15 is 0 Å². The first-order valence-corrected chi connectivity index (χ1v) is 11.6. The molecule has 0 aliphatic carbocycles. The maximum absolute atomic E-state index is 12.6. The van der Waals surface area contributed by atoms with Crippen molar-refractivity contribution in [2.75, 3.05) is 6.61 Å². The number of nitrogens with zero attached hydrogens (tertiary/aromatic N) is 1. The Morgan fingerprint density at radius 3 is 2.62 bits per heavy atom. The van der Waals surface area contributed by atoms with Crippen molar-refractivity contribution < 1.29 is 19.1 Å². The molecule has 8 heteroatoms. The third-order valence-electron chi connectivity index (χ3n) is 5.04. The number of carbonyl (C=O) groups excluding carboxylic acids is 2. The molecule has 172 valence electrons. The Balaban J connectivity index is 1.33. The first-order chi connectivity index (χ1) is 16.4. The van der Waals surface area contributed by atoms with Gasteiger partial charge in [-0.15, -0.1) is 11.3 Å². The third-order valence-corrected chi connectivity index (χ3v) is 6.70. The van der Waals surface area contributed by atoms with Gasteiger partial charge in [0.15, 0.2) is 6.61 Å². The molecule has 6 nitrogen and oxygen atoms in total. The Labute approximate surface area is 205 Å². The third kappa shape index (κ3) is 5.62. The average Bonchev–Trinajstić information content (AvgIpc) is 3.17. The van der Waals surface area contributed by atoms with Gasteiger partial charge in [-0.2, -0.15) is 5.10 Å². The van der Waals surface area contributed by atoms with Crippen LogP contribution in [0.3, 0.4) is 0 Å². The largest absolute Gasteiger partial charge is 0.484 e. The molecule has 34 heavy (non-hydrogen) atoms. The highest BCUT2D eigenvalue weighted by atomic mass is 35.5. The van der Waals surface area contributed by atoms with Crippen molar-refractivity contribution in [3.05, 3.63) is 93.3 Å². The minimum atomic E-state index is -0.530. The fourth-order valence-corrected chi connectivity index (χ4v) is 4.51. The zero-order valence-electron chi connectivity index (χ0n) is 18.5. The molecule has 1 aromatic heterocycles. The lowest BCUT2D eigenvalue weighted by atomic mass is 10.1. The number of hydrazone groups is 1. The molecule has 4 rings (SSSR count). The number of amides is 1. The second kappa shape index (κ2) is 10.5. The Morgan fingerprint density at radius 1 is 1.00 bits per heavy atom. The normalized spacial score (nSPS) is 11.0. The monoisotopic (exact) mass is 492 g/mol. The van der Waals surface area contributed by atoms with E-state index in [0.717, 1.165) is 21.2 Å². The number of fused-ring (bicyclic) bond motifs is 1. The number of halogens is 1. The van der Waals surface area contributed by atoms with Gasteiger partial charge in [0, 0.05) is 10.1 Å². The summed E-state index contributed by atoms with van der Waals surface area (Å²) in [5, 5.41) is 5.14. The van der Waals surface area contributed by atoms with Crippen LogP contribution in [0.1, 0.15) is 26.4 Å². The highest BCUT2D eigenvalue weighted by molar-refractivity contribution is 7.21. The topological polar surface area (TPSA) is 77.0 Å². The summed E-state index contributed by atoms with van der Waals surface area (Å²) in [6.45, 7) is 3.83. The van der Waals surface area contributed by atoms with Crippen LogP contribution >= 0.6 is 22.9 Å². The Bertz CT molecular complexity index is 1400. The van der Waals surface area contributed by atoms with E-state index in [1.54, 1.807) is 24.3 Å². The van der Waals surface area contributed by atoms with Crippen LogP contribution in [0, 0.1) is 13.8 Å². The Kier molecular flexibility index (Phi) is 7.25. The molecule has 0 saturated heterocycles. The van der Waals surface area contributed by atoms with E-state index in [0.29, 0.717) is 27.0 Å². The summed E-state index contributed by atoms with van der Waals surface area (Å²) in [5.41, 5.74) is 5.30. The maximum Gasteiger partial charge on any atom is 0.355 e. The van der Waals surface area contributed by atoms with Gasteiger partial charge in [-0.05, 0) is 60.9 Å². The Morgan fingerprint density at radius 2 is 1.82 bits per heavy atom. The van der Waals surface area contributed by atoms with Crippen LogP contribution in [0.4, 0.5) is 0 Å². The highest BCUT2D eigenvalue weighted by Gasteiger charge is 2.19. The molecule has 4 aromatic rings. The molecule has 0 atom stereocenters. The van der Waals surface area contributed by atoms with E-state index < -0.39 is 11.9 Å². The molecule has 0 fully saturated rings. The number of benzene rings is 3. The molecule has 1 heterocycles. The lowest BCUT2D eigenvalue weighted by Gasteiger charge is -2.07. The van der Waals surface area contributed by atoms with Crippen LogP contribution < -0.4 is 14.9 Å². The summed E-state index contributed by atoms with van der Waals surface area (Å²) < 4.78 is 11.9. The van der Waals surface area contributed by atoms with E-state index in [2.05, 4.69) is 10.5 Å². The zero-order chi connectivity index (χ0) is 24.1. The molecule has 0 bridgehead atoms. The van der Waals surface area contributed by atoms with Gasteiger partial charge >= 0.3 is 5.97 Å². The Hall–Kier alpha value is -3.68. The van der Waals surface area contributed by atoms with Gasteiger partial charge in [-0.25, -0.2) is 10.2 Å². The fraction of sp³-hybridized carbons (Fsp3) is 0.115. The van der Waals surface area contributed by atoms with Gasteiger partial charge < -0.3 is 9.47 Å². The van der Waals surface area contributed by atoms with Gasteiger partial charge in [-0.3, -0.25) is 4.79 Å². The van der Waals surface area contributed by atoms with Crippen molar-refractivity contribution in [1.82, 2.24) is 5.43 Å². The van der Waals surface area contributed by atoms with Crippen LogP contribution in [-0.2, 0) is 4.79 Å². The van der Waals surface area contributed by atoms with Crippen molar-refractivity contribution >= 4 is 51.1 Å². The quantitative estimate of drug-likeness (QED) is 0.150. The SMILES string of the molecule is Cc1ccc(OCC(=O)N/N=C\c2cccc(OC(=O)c3sc4ccccc4c3Cl)c2)cc1C. The molecule has 0 radical (unpaired) electrons. The number of carbonyl (C=O) groups is 2. The van der Waals surface area contributed by atoms with Crippen molar-refractivity contribution in [3.63, 3.8) is 0 Å². The fourth-order valence-electron chi connectivity index (χ4n) is 3.12.